The lowest BCUT2D eigenvalue weighted by Crippen LogP contribution is -2.43. The maximum absolute atomic E-state index is 12.4. The molecule has 2 amide bonds. The van der Waals surface area contributed by atoms with E-state index in [0.717, 1.165) is 37.2 Å². The fraction of sp³-hybridized carbons (Fsp3) is 0.231. The van der Waals surface area contributed by atoms with Gasteiger partial charge < -0.3 is 9.64 Å². The van der Waals surface area contributed by atoms with Gasteiger partial charge in [0.1, 0.15) is 5.75 Å². The highest BCUT2D eigenvalue weighted by Gasteiger charge is 2.16. The number of carbonyl (C=O) groups is 2. The van der Waals surface area contributed by atoms with Crippen molar-refractivity contribution >= 4 is 17.5 Å². The van der Waals surface area contributed by atoms with Gasteiger partial charge in [0.2, 0.25) is 0 Å². The van der Waals surface area contributed by atoms with Crippen molar-refractivity contribution in [3.8, 4) is 5.75 Å². The first kappa shape index (κ1) is 21.4. The van der Waals surface area contributed by atoms with E-state index in [2.05, 4.69) is 40.0 Å². The molecule has 0 spiro atoms. The van der Waals surface area contributed by atoms with Crippen molar-refractivity contribution in [2.24, 2.45) is 0 Å². The lowest BCUT2D eigenvalue weighted by Gasteiger charge is -2.30. The number of hydrazine groups is 1. The van der Waals surface area contributed by atoms with Crippen LogP contribution in [-0.4, -0.2) is 25.0 Å². The molecule has 0 aliphatic carbocycles. The quantitative estimate of drug-likeness (QED) is 0.587. The molecule has 0 radical (unpaired) electrons. The highest BCUT2D eigenvalue weighted by molar-refractivity contribution is 5.95. The number of anilines is 1. The number of hydrogen-bond donors (Lipinski definition) is 2. The van der Waals surface area contributed by atoms with Crippen LogP contribution in [0.1, 0.15) is 34.0 Å². The number of nitrogens with zero attached hydrogens (tertiary/aromatic N) is 1. The van der Waals surface area contributed by atoms with Gasteiger partial charge in [-0.1, -0.05) is 49.4 Å². The molecule has 1 aliphatic heterocycles. The number of carbonyl (C=O) groups excluding carboxylic acids is 2. The van der Waals surface area contributed by atoms with Crippen LogP contribution in [-0.2, 0) is 24.2 Å². The zero-order valence-corrected chi connectivity index (χ0v) is 18.1. The third kappa shape index (κ3) is 5.09. The maximum atomic E-state index is 12.4. The van der Waals surface area contributed by atoms with Crippen molar-refractivity contribution in [1.82, 2.24) is 10.9 Å². The third-order valence-corrected chi connectivity index (χ3v) is 5.65. The molecule has 0 saturated carbocycles. The molecule has 0 unspecified atom stereocenters. The van der Waals surface area contributed by atoms with Gasteiger partial charge in [-0.05, 0) is 59.9 Å². The lowest BCUT2D eigenvalue weighted by molar-refractivity contribution is -0.123. The fourth-order valence-electron chi connectivity index (χ4n) is 3.85. The smallest absolute Gasteiger partial charge is 0.276 e. The van der Waals surface area contributed by atoms with Crippen molar-refractivity contribution in [1.29, 1.82) is 0 Å². The predicted molar refractivity (Wildman–Crippen MR) is 125 cm³/mol. The van der Waals surface area contributed by atoms with Crippen LogP contribution in [0.15, 0.2) is 72.8 Å². The van der Waals surface area contributed by atoms with Crippen molar-refractivity contribution in [3.63, 3.8) is 0 Å². The summed E-state index contributed by atoms with van der Waals surface area (Å²) in [6, 6.07) is 23.5. The predicted octanol–water partition coefficient (Wildman–Crippen LogP) is 3.65. The van der Waals surface area contributed by atoms with Crippen LogP contribution >= 0.6 is 0 Å². The van der Waals surface area contributed by atoms with E-state index in [1.165, 1.54) is 11.1 Å². The summed E-state index contributed by atoms with van der Waals surface area (Å²) in [5, 5.41) is 0. The highest BCUT2D eigenvalue weighted by atomic mass is 16.5. The van der Waals surface area contributed by atoms with E-state index in [1.807, 2.05) is 43.3 Å². The number of aryl methyl sites for hydroxylation is 1. The molecular formula is C26H27N3O3. The summed E-state index contributed by atoms with van der Waals surface area (Å²) in [4.78, 5) is 26.8. The minimum absolute atomic E-state index is 0.174. The van der Waals surface area contributed by atoms with Gasteiger partial charge in [-0.25, -0.2) is 0 Å². The Balaban J connectivity index is 1.27. The number of benzene rings is 3. The Bertz CT molecular complexity index is 1100. The molecule has 6 nitrogen and oxygen atoms in total. The number of para-hydroxylation sites is 1. The first-order valence-corrected chi connectivity index (χ1v) is 10.9. The Morgan fingerprint density at radius 2 is 1.62 bits per heavy atom. The molecule has 4 rings (SSSR count). The molecule has 6 heteroatoms. The number of rotatable bonds is 6. The van der Waals surface area contributed by atoms with Crippen molar-refractivity contribution < 1.29 is 14.3 Å². The number of fused-ring (bicyclic) bond motifs is 1. The Hall–Kier alpha value is -3.80. The zero-order chi connectivity index (χ0) is 22.3. The maximum Gasteiger partial charge on any atom is 0.276 e. The number of hydrogen-bond acceptors (Lipinski definition) is 4. The van der Waals surface area contributed by atoms with Crippen molar-refractivity contribution in [3.05, 3.63) is 95.1 Å². The molecule has 0 aromatic heterocycles. The summed E-state index contributed by atoms with van der Waals surface area (Å²) in [6.07, 6.45) is 1.82. The second-order valence-electron chi connectivity index (χ2n) is 7.74. The largest absolute Gasteiger partial charge is 0.483 e. The average molecular weight is 430 g/mol. The average Bonchev–Trinajstić information content (AvgIpc) is 2.86. The molecule has 32 heavy (non-hydrogen) atoms. The van der Waals surface area contributed by atoms with E-state index in [0.29, 0.717) is 11.3 Å². The lowest BCUT2D eigenvalue weighted by atomic mass is 9.99. The van der Waals surface area contributed by atoms with Gasteiger partial charge in [-0.2, -0.15) is 0 Å². The Morgan fingerprint density at radius 1 is 0.906 bits per heavy atom. The van der Waals surface area contributed by atoms with E-state index in [1.54, 1.807) is 12.1 Å². The second kappa shape index (κ2) is 10.0. The molecule has 1 heterocycles. The Morgan fingerprint density at radius 3 is 2.41 bits per heavy atom. The summed E-state index contributed by atoms with van der Waals surface area (Å²) >= 11 is 0. The van der Waals surface area contributed by atoms with Gasteiger partial charge in [-0.3, -0.25) is 20.4 Å². The van der Waals surface area contributed by atoms with Crippen LogP contribution in [0.3, 0.4) is 0 Å². The SMILES string of the molecule is CCc1ccccc1OCC(=O)NNC(=O)c1ccc(N2CCc3ccccc3C2)cc1. The topological polar surface area (TPSA) is 70.7 Å². The normalized spacial score (nSPS) is 12.6. The second-order valence-corrected chi connectivity index (χ2v) is 7.74. The zero-order valence-electron chi connectivity index (χ0n) is 18.1. The third-order valence-electron chi connectivity index (χ3n) is 5.65. The van der Waals surface area contributed by atoms with Gasteiger partial charge >= 0.3 is 0 Å². The minimum atomic E-state index is -0.423. The van der Waals surface area contributed by atoms with E-state index >= 15 is 0 Å². The number of ether oxygens (including phenoxy) is 1. The summed E-state index contributed by atoms with van der Waals surface area (Å²) in [5.41, 5.74) is 10.2. The van der Waals surface area contributed by atoms with Gasteiger partial charge in [0.15, 0.2) is 6.61 Å². The molecule has 0 bridgehead atoms. The molecular weight excluding hydrogens is 402 g/mol. The van der Waals surface area contributed by atoms with Crippen LogP contribution in [0.25, 0.3) is 0 Å². The van der Waals surface area contributed by atoms with Gasteiger partial charge in [0.25, 0.3) is 11.8 Å². The number of amides is 2. The van der Waals surface area contributed by atoms with E-state index < -0.39 is 5.91 Å². The van der Waals surface area contributed by atoms with Crippen LogP contribution in [0, 0.1) is 0 Å². The van der Waals surface area contributed by atoms with E-state index in [9.17, 15) is 9.59 Å². The van der Waals surface area contributed by atoms with E-state index in [-0.39, 0.29) is 12.5 Å². The van der Waals surface area contributed by atoms with Crippen molar-refractivity contribution in [2.45, 2.75) is 26.3 Å². The molecule has 2 N–H and O–H groups in total. The standard InChI is InChI=1S/C26H27N3O3/c1-2-19-7-5-6-10-24(19)32-18-25(30)27-28-26(31)21-11-13-23(14-12-21)29-16-15-20-8-3-4-9-22(20)17-29/h3-14H,2,15-18H2,1H3,(H,27,30)(H,28,31). The van der Waals surface area contributed by atoms with Crippen LogP contribution < -0.4 is 20.5 Å². The summed E-state index contributed by atoms with van der Waals surface area (Å²) in [7, 11) is 0. The summed E-state index contributed by atoms with van der Waals surface area (Å²) in [5.74, 6) is -0.122. The van der Waals surface area contributed by atoms with Gasteiger partial charge in [0, 0.05) is 24.3 Å². The first-order chi connectivity index (χ1) is 15.6. The molecule has 1 aliphatic rings. The fourth-order valence-corrected chi connectivity index (χ4v) is 3.85. The molecule has 3 aromatic carbocycles. The van der Waals surface area contributed by atoms with Crippen LogP contribution in [0.4, 0.5) is 5.69 Å². The number of nitrogens with one attached hydrogen (secondary N) is 2. The molecule has 0 atom stereocenters. The van der Waals surface area contributed by atoms with Crippen molar-refractivity contribution in [2.75, 3.05) is 18.1 Å². The van der Waals surface area contributed by atoms with Crippen LogP contribution in [0.2, 0.25) is 0 Å². The Kier molecular flexibility index (Phi) is 6.70. The summed E-state index contributed by atoms with van der Waals surface area (Å²) in [6.45, 7) is 3.66. The molecule has 3 aromatic rings. The van der Waals surface area contributed by atoms with Gasteiger partial charge in [0.05, 0.1) is 0 Å². The summed E-state index contributed by atoms with van der Waals surface area (Å²) < 4.78 is 5.57. The van der Waals surface area contributed by atoms with E-state index in [4.69, 9.17) is 4.74 Å². The molecule has 0 fully saturated rings. The monoisotopic (exact) mass is 429 g/mol. The molecule has 0 saturated heterocycles. The Labute approximate surface area is 188 Å². The molecule has 164 valence electrons. The van der Waals surface area contributed by atoms with Gasteiger partial charge in [-0.15, -0.1) is 0 Å². The first-order valence-electron chi connectivity index (χ1n) is 10.9. The highest BCUT2D eigenvalue weighted by Crippen LogP contribution is 2.24. The van der Waals surface area contributed by atoms with Crippen LogP contribution in [0.5, 0.6) is 5.75 Å². The minimum Gasteiger partial charge on any atom is -0.483 e.